The summed E-state index contributed by atoms with van der Waals surface area (Å²) in [6.45, 7) is -0.250. The summed E-state index contributed by atoms with van der Waals surface area (Å²) in [5, 5.41) is 17.5. The Kier molecular flexibility index (Phi) is 5.59. The zero-order valence-corrected chi connectivity index (χ0v) is 8.20. The van der Waals surface area contributed by atoms with Gasteiger partial charge in [0.05, 0.1) is 4.92 Å². The molecule has 76 valence electrons. The van der Waals surface area contributed by atoms with Crippen LogP contribution in [0.15, 0.2) is 18.2 Å². The Morgan fingerprint density at radius 2 is 1.93 bits per heavy atom. The molecule has 0 saturated carbocycles. The highest BCUT2D eigenvalue weighted by Crippen LogP contribution is 2.26. The summed E-state index contributed by atoms with van der Waals surface area (Å²) < 4.78 is 0. The van der Waals surface area contributed by atoms with Gasteiger partial charge in [-0.2, -0.15) is 0 Å². The van der Waals surface area contributed by atoms with Gasteiger partial charge < -0.3 is 5.11 Å². The second-order valence-corrected chi connectivity index (χ2v) is 2.80. The molecule has 0 heterocycles. The SMILES string of the molecule is O=CO.O=[N+]([O-])c1ccc(Cl)cc1Cl. The van der Waals surface area contributed by atoms with E-state index < -0.39 is 4.92 Å². The summed E-state index contributed by atoms with van der Waals surface area (Å²) in [5.41, 5.74) is -0.129. The van der Waals surface area contributed by atoms with E-state index in [1.807, 2.05) is 0 Å². The van der Waals surface area contributed by atoms with Crippen LogP contribution in [0.1, 0.15) is 0 Å². The summed E-state index contributed by atoms with van der Waals surface area (Å²) in [7, 11) is 0. The number of hydrogen-bond acceptors (Lipinski definition) is 3. The number of halogens is 2. The first-order valence-electron chi connectivity index (χ1n) is 3.20. The topological polar surface area (TPSA) is 80.4 Å². The number of carbonyl (C=O) groups is 1. The number of benzene rings is 1. The van der Waals surface area contributed by atoms with Crippen molar-refractivity contribution in [3.05, 3.63) is 38.4 Å². The molecule has 7 heteroatoms. The van der Waals surface area contributed by atoms with Crippen LogP contribution in [0.5, 0.6) is 0 Å². The van der Waals surface area contributed by atoms with Crippen molar-refractivity contribution in [2.75, 3.05) is 0 Å². The molecule has 0 fully saturated rings. The molecule has 0 bridgehead atoms. The van der Waals surface area contributed by atoms with E-state index in [-0.39, 0.29) is 17.2 Å². The van der Waals surface area contributed by atoms with Gasteiger partial charge in [0.25, 0.3) is 12.2 Å². The molecule has 1 N–H and O–H groups in total. The van der Waals surface area contributed by atoms with Gasteiger partial charge >= 0.3 is 0 Å². The molecule has 0 atom stereocenters. The Morgan fingerprint density at radius 1 is 1.43 bits per heavy atom. The molecule has 14 heavy (non-hydrogen) atoms. The third-order valence-electron chi connectivity index (χ3n) is 1.11. The van der Waals surface area contributed by atoms with Crippen molar-refractivity contribution in [2.24, 2.45) is 0 Å². The number of nitro groups is 1. The zero-order chi connectivity index (χ0) is 11.1. The smallest absolute Gasteiger partial charge is 0.290 e. The molecule has 1 aromatic carbocycles. The Balaban J connectivity index is 0.000000500. The summed E-state index contributed by atoms with van der Waals surface area (Å²) in [6.07, 6.45) is 0. The highest BCUT2D eigenvalue weighted by atomic mass is 35.5. The Bertz CT molecular complexity index is 342. The van der Waals surface area contributed by atoms with E-state index in [0.717, 1.165) is 0 Å². The quantitative estimate of drug-likeness (QED) is 0.463. The first-order valence-corrected chi connectivity index (χ1v) is 3.95. The normalized spacial score (nSPS) is 8.43. The number of nitrogens with zero attached hydrogens (tertiary/aromatic N) is 1. The van der Waals surface area contributed by atoms with Crippen molar-refractivity contribution >= 4 is 35.4 Å². The maximum atomic E-state index is 10.2. The van der Waals surface area contributed by atoms with Crippen LogP contribution < -0.4 is 0 Å². The summed E-state index contributed by atoms with van der Waals surface area (Å²) >= 11 is 11.0. The summed E-state index contributed by atoms with van der Waals surface area (Å²) in [5.74, 6) is 0. The second-order valence-electron chi connectivity index (χ2n) is 1.96. The fraction of sp³-hybridized carbons (Fsp3) is 0. The first kappa shape index (κ1) is 12.7. The summed E-state index contributed by atoms with van der Waals surface area (Å²) in [4.78, 5) is 18.0. The van der Waals surface area contributed by atoms with E-state index >= 15 is 0 Å². The molecule has 1 rings (SSSR count). The minimum absolute atomic E-state index is 0.0579. The molecular weight excluding hydrogens is 233 g/mol. The van der Waals surface area contributed by atoms with Crippen LogP contribution in [0.25, 0.3) is 0 Å². The molecule has 5 nitrogen and oxygen atoms in total. The Hall–Kier alpha value is -1.33. The van der Waals surface area contributed by atoms with Gasteiger partial charge in [-0.3, -0.25) is 14.9 Å². The summed E-state index contributed by atoms with van der Waals surface area (Å²) in [6, 6.07) is 4.03. The molecular formula is C7H5Cl2NO4. The third-order valence-corrected chi connectivity index (χ3v) is 1.64. The van der Waals surface area contributed by atoms with Crippen LogP contribution in [0.3, 0.4) is 0 Å². The highest BCUT2D eigenvalue weighted by Gasteiger charge is 2.10. The highest BCUT2D eigenvalue weighted by molar-refractivity contribution is 6.35. The maximum absolute atomic E-state index is 10.2. The zero-order valence-electron chi connectivity index (χ0n) is 6.68. The average molecular weight is 238 g/mol. The molecule has 0 aliphatic rings. The second kappa shape index (κ2) is 6.17. The fourth-order valence-electron chi connectivity index (χ4n) is 0.629. The van der Waals surface area contributed by atoms with Gasteiger partial charge in [0.1, 0.15) is 5.02 Å². The molecule has 0 saturated heterocycles. The van der Waals surface area contributed by atoms with Gasteiger partial charge in [0, 0.05) is 11.1 Å². The van der Waals surface area contributed by atoms with Gasteiger partial charge in [-0.25, -0.2) is 0 Å². The Morgan fingerprint density at radius 3 is 2.29 bits per heavy atom. The largest absolute Gasteiger partial charge is 0.483 e. The van der Waals surface area contributed by atoms with Crippen LogP contribution in [0.2, 0.25) is 10.0 Å². The van der Waals surface area contributed by atoms with Crippen LogP contribution in [0.4, 0.5) is 5.69 Å². The minimum atomic E-state index is -0.557. The van der Waals surface area contributed by atoms with Gasteiger partial charge in [-0.1, -0.05) is 23.2 Å². The number of carboxylic acid groups (broad SMARTS) is 1. The van der Waals surface area contributed by atoms with E-state index in [2.05, 4.69) is 0 Å². The molecule has 1 aromatic rings. The van der Waals surface area contributed by atoms with E-state index in [1.165, 1.54) is 18.2 Å². The van der Waals surface area contributed by atoms with E-state index in [4.69, 9.17) is 33.1 Å². The third kappa shape index (κ3) is 4.06. The van der Waals surface area contributed by atoms with Crippen LogP contribution >= 0.6 is 23.2 Å². The van der Waals surface area contributed by atoms with Crippen molar-refractivity contribution < 1.29 is 14.8 Å². The van der Waals surface area contributed by atoms with Crippen LogP contribution in [0, 0.1) is 10.1 Å². The maximum Gasteiger partial charge on any atom is 0.290 e. The Labute approximate surface area is 89.0 Å². The van der Waals surface area contributed by atoms with Crippen LogP contribution in [-0.2, 0) is 4.79 Å². The standard InChI is InChI=1S/C6H3Cl2NO2.CH2O2/c7-4-1-2-6(9(10)11)5(8)3-4;2-1-3/h1-3H;1H,(H,2,3). The molecule has 0 amide bonds. The van der Waals surface area contributed by atoms with Crippen molar-refractivity contribution in [3.8, 4) is 0 Å². The molecule has 0 unspecified atom stereocenters. The first-order chi connectivity index (χ1) is 6.52. The van der Waals surface area contributed by atoms with Crippen LogP contribution in [-0.4, -0.2) is 16.5 Å². The van der Waals surface area contributed by atoms with Gasteiger partial charge in [-0.05, 0) is 12.1 Å². The average Bonchev–Trinajstić information content (AvgIpc) is 2.04. The number of rotatable bonds is 1. The molecule has 0 radical (unpaired) electrons. The minimum Gasteiger partial charge on any atom is -0.483 e. The predicted molar refractivity (Wildman–Crippen MR) is 51.8 cm³/mol. The molecule has 0 aromatic heterocycles. The van der Waals surface area contributed by atoms with E-state index in [1.54, 1.807) is 0 Å². The lowest BCUT2D eigenvalue weighted by molar-refractivity contribution is -0.384. The molecule has 0 aliphatic heterocycles. The van der Waals surface area contributed by atoms with Gasteiger partial charge in [0.2, 0.25) is 0 Å². The molecule has 0 aliphatic carbocycles. The van der Waals surface area contributed by atoms with Gasteiger partial charge in [-0.15, -0.1) is 0 Å². The van der Waals surface area contributed by atoms with E-state index in [9.17, 15) is 10.1 Å². The van der Waals surface area contributed by atoms with Crippen molar-refractivity contribution in [3.63, 3.8) is 0 Å². The van der Waals surface area contributed by atoms with Crippen molar-refractivity contribution in [1.82, 2.24) is 0 Å². The van der Waals surface area contributed by atoms with E-state index in [0.29, 0.717) is 5.02 Å². The lowest BCUT2D eigenvalue weighted by atomic mass is 10.3. The fourth-order valence-corrected chi connectivity index (χ4v) is 1.11. The van der Waals surface area contributed by atoms with Crippen molar-refractivity contribution in [1.29, 1.82) is 0 Å². The number of nitro benzene ring substituents is 1. The van der Waals surface area contributed by atoms with Crippen molar-refractivity contribution in [2.45, 2.75) is 0 Å². The monoisotopic (exact) mass is 237 g/mol. The lowest BCUT2D eigenvalue weighted by Crippen LogP contribution is -1.87. The lowest BCUT2D eigenvalue weighted by Gasteiger charge is -1.93. The number of hydrogen-bond donors (Lipinski definition) is 1. The van der Waals surface area contributed by atoms with Gasteiger partial charge in [0.15, 0.2) is 0 Å². The molecule has 0 spiro atoms. The predicted octanol–water partition coefficient (Wildman–Crippen LogP) is 2.60.